The van der Waals surface area contributed by atoms with E-state index in [-0.39, 0.29) is 6.10 Å². The van der Waals surface area contributed by atoms with Gasteiger partial charge in [0, 0.05) is 19.8 Å². The summed E-state index contributed by atoms with van der Waals surface area (Å²) in [6.45, 7) is 3.55. The number of aryl methyl sites for hydroxylation is 1. The molecule has 0 fully saturated rings. The van der Waals surface area contributed by atoms with Gasteiger partial charge in [0.15, 0.2) is 0 Å². The molecule has 4 nitrogen and oxygen atoms in total. The van der Waals surface area contributed by atoms with Crippen LogP contribution in [0, 0.1) is 0 Å². The van der Waals surface area contributed by atoms with Crippen LogP contribution in [0.15, 0.2) is 12.4 Å². The molecule has 4 heteroatoms. The fourth-order valence-corrected chi connectivity index (χ4v) is 1.25. The lowest BCUT2D eigenvalue weighted by molar-refractivity contribution is 0.168. The van der Waals surface area contributed by atoms with Gasteiger partial charge in [-0.1, -0.05) is 6.92 Å². The van der Waals surface area contributed by atoms with Crippen LogP contribution in [0.3, 0.4) is 0 Å². The second kappa shape index (κ2) is 5.78. The molecule has 0 aliphatic rings. The van der Waals surface area contributed by atoms with E-state index in [1.165, 1.54) is 5.56 Å². The molecule has 1 aromatic heterocycles. The Labute approximate surface area is 84.9 Å². The standard InChI is InChI=1S/C10H19N3O/c1-3-10(14)7-11-5-4-9-6-12-13(2)8-9/h6,8,10-11,14H,3-5,7H2,1-2H3. The molecule has 1 heterocycles. The fraction of sp³-hybridized carbons (Fsp3) is 0.700. The summed E-state index contributed by atoms with van der Waals surface area (Å²) in [5.74, 6) is 0. The summed E-state index contributed by atoms with van der Waals surface area (Å²) >= 11 is 0. The summed E-state index contributed by atoms with van der Waals surface area (Å²) in [5, 5.41) is 16.6. The summed E-state index contributed by atoms with van der Waals surface area (Å²) in [6.07, 6.45) is 5.43. The van der Waals surface area contributed by atoms with E-state index < -0.39 is 0 Å². The normalized spacial score (nSPS) is 13.1. The number of nitrogens with one attached hydrogen (secondary N) is 1. The highest BCUT2D eigenvalue weighted by molar-refractivity contribution is 5.03. The molecule has 1 rings (SSSR count). The minimum Gasteiger partial charge on any atom is -0.392 e. The average molecular weight is 197 g/mol. The van der Waals surface area contributed by atoms with E-state index in [4.69, 9.17) is 0 Å². The van der Waals surface area contributed by atoms with Gasteiger partial charge in [0.1, 0.15) is 0 Å². The zero-order valence-electron chi connectivity index (χ0n) is 8.90. The van der Waals surface area contributed by atoms with Crippen molar-refractivity contribution >= 4 is 0 Å². The summed E-state index contributed by atoms with van der Waals surface area (Å²) in [6, 6.07) is 0. The molecule has 14 heavy (non-hydrogen) atoms. The van der Waals surface area contributed by atoms with Crippen LogP contribution < -0.4 is 5.32 Å². The first kappa shape index (κ1) is 11.2. The van der Waals surface area contributed by atoms with Gasteiger partial charge in [-0.25, -0.2) is 0 Å². The second-order valence-corrected chi connectivity index (χ2v) is 3.54. The molecule has 2 N–H and O–H groups in total. The highest BCUT2D eigenvalue weighted by atomic mass is 16.3. The highest BCUT2D eigenvalue weighted by Gasteiger charge is 1.99. The maximum absolute atomic E-state index is 9.28. The van der Waals surface area contributed by atoms with E-state index in [2.05, 4.69) is 10.4 Å². The van der Waals surface area contributed by atoms with Crippen LogP contribution in [0.2, 0.25) is 0 Å². The van der Waals surface area contributed by atoms with Crippen LogP contribution in [-0.4, -0.2) is 34.1 Å². The number of hydrogen-bond acceptors (Lipinski definition) is 3. The maximum Gasteiger partial charge on any atom is 0.0662 e. The van der Waals surface area contributed by atoms with E-state index in [9.17, 15) is 5.11 Å². The van der Waals surface area contributed by atoms with Crippen molar-refractivity contribution in [2.45, 2.75) is 25.9 Å². The van der Waals surface area contributed by atoms with Crippen molar-refractivity contribution < 1.29 is 5.11 Å². The first-order valence-electron chi connectivity index (χ1n) is 5.08. The number of nitrogens with zero attached hydrogens (tertiary/aromatic N) is 2. The first-order chi connectivity index (χ1) is 6.72. The number of aliphatic hydroxyl groups excluding tert-OH is 1. The molecule has 0 aromatic carbocycles. The zero-order valence-corrected chi connectivity index (χ0v) is 8.90. The van der Waals surface area contributed by atoms with Crippen molar-refractivity contribution in [2.24, 2.45) is 7.05 Å². The monoisotopic (exact) mass is 197 g/mol. The number of hydrogen-bond donors (Lipinski definition) is 2. The van der Waals surface area contributed by atoms with Crippen molar-refractivity contribution in [3.8, 4) is 0 Å². The molecular formula is C10H19N3O. The van der Waals surface area contributed by atoms with E-state index in [0.717, 1.165) is 19.4 Å². The van der Waals surface area contributed by atoms with Crippen molar-refractivity contribution in [3.63, 3.8) is 0 Å². The van der Waals surface area contributed by atoms with Crippen LogP contribution in [-0.2, 0) is 13.5 Å². The maximum atomic E-state index is 9.28. The van der Waals surface area contributed by atoms with Gasteiger partial charge in [-0.05, 0) is 24.9 Å². The average Bonchev–Trinajstić information content (AvgIpc) is 2.58. The molecule has 0 bridgehead atoms. The Morgan fingerprint density at radius 1 is 1.64 bits per heavy atom. The Bertz CT molecular complexity index is 260. The number of aromatic nitrogens is 2. The Morgan fingerprint density at radius 2 is 2.43 bits per heavy atom. The molecule has 0 spiro atoms. The van der Waals surface area contributed by atoms with Gasteiger partial charge in [0.2, 0.25) is 0 Å². The largest absolute Gasteiger partial charge is 0.392 e. The molecule has 1 atom stereocenters. The van der Waals surface area contributed by atoms with Crippen LogP contribution in [0.1, 0.15) is 18.9 Å². The SMILES string of the molecule is CCC(O)CNCCc1cnn(C)c1. The van der Waals surface area contributed by atoms with E-state index >= 15 is 0 Å². The van der Waals surface area contributed by atoms with Crippen LogP contribution in [0.25, 0.3) is 0 Å². The third-order valence-electron chi connectivity index (χ3n) is 2.20. The van der Waals surface area contributed by atoms with Gasteiger partial charge in [-0.2, -0.15) is 5.10 Å². The summed E-state index contributed by atoms with van der Waals surface area (Å²) in [5.41, 5.74) is 1.23. The molecule has 1 unspecified atom stereocenters. The fourth-order valence-electron chi connectivity index (χ4n) is 1.25. The van der Waals surface area contributed by atoms with Gasteiger partial charge in [0.25, 0.3) is 0 Å². The molecule has 0 aliphatic carbocycles. The molecule has 0 saturated heterocycles. The second-order valence-electron chi connectivity index (χ2n) is 3.54. The molecule has 0 radical (unpaired) electrons. The third-order valence-corrected chi connectivity index (χ3v) is 2.20. The summed E-state index contributed by atoms with van der Waals surface area (Å²) in [4.78, 5) is 0. The molecule has 0 aliphatic heterocycles. The third kappa shape index (κ3) is 3.89. The van der Waals surface area contributed by atoms with Crippen LogP contribution >= 0.6 is 0 Å². The van der Waals surface area contributed by atoms with E-state index in [1.54, 1.807) is 4.68 Å². The lowest BCUT2D eigenvalue weighted by atomic mass is 10.2. The van der Waals surface area contributed by atoms with Gasteiger partial charge in [-0.3, -0.25) is 4.68 Å². The quantitative estimate of drug-likeness (QED) is 0.646. The first-order valence-corrected chi connectivity index (χ1v) is 5.08. The van der Waals surface area contributed by atoms with Gasteiger partial charge in [-0.15, -0.1) is 0 Å². The van der Waals surface area contributed by atoms with Crippen LogP contribution in [0.4, 0.5) is 0 Å². The molecule has 0 amide bonds. The molecule has 80 valence electrons. The topological polar surface area (TPSA) is 50.1 Å². The van der Waals surface area contributed by atoms with Gasteiger partial charge >= 0.3 is 0 Å². The Kier molecular flexibility index (Phi) is 4.62. The van der Waals surface area contributed by atoms with Gasteiger partial charge < -0.3 is 10.4 Å². The lowest BCUT2D eigenvalue weighted by Crippen LogP contribution is -2.27. The van der Waals surface area contributed by atoms with Crippen LogP contribution in [0.5, 0.6) is 0 Å². The predicted octanol–water partition coefficient (Wildman–Crippen LogP) is 0.323. The number of rotatable bonds is 6. The Balaban J connectivity index is 2.10. The zero-order chi connectivity index (χ0) is 10.4. The van der Waals surface area contributed by atoms with Crippen molar-refractivity contribution in [1.82, 2.24) is 15.1 Å². The minimum atomic E-state index is -0.219. The summed E-state index contributed by atoms with van der Waals surface area (Å²) in [7, 11) is 1.91. The predicted molar refractivity (Wildman–Crippen MR) is 56.1 cm³/mol. The Morgan fingerprint density at radius 3 is 3.00 bits per heavy atom. The van der Waals surface area contributed by atoms with Gasteiger partial charge in [0.05, 0.1) is 12.3 Å². The Hall–Kier alpha value is -0.870. The molecular weight excluding hydrogens is 178 g/mol. The van der Waals surface area contributed by atoms with E-state index in [0.29, 0.717) is 6.54 Å². The van der Waals surface area contributed by atoms with Crippen molar-refractivity contribution in [3.05, 3.63) is 18.0 Å². The molecule has 1 aromatic rings. The van der Waals surface area contributed by atoms with E-state index in [1.807, 2.05) is 26.4 Å². The smallest absolute Gasteiger partial charge is 0.0662 e. The highest BCUT2D eigenvalue weighted by Crippen LogP contribution is 1.96. The summed E-state index contributed by atoms with van der Waals surface area (Å²) < 4.78 is 1.80. The lowest BCUT2D eigenvalue weighted by Gasteiger charge is -2.08. The number of aliphatic hydroxyl groups is 1. The molecule has 0 saturated carbocycles. The minimum absolute atomic E-state index is 0.219. The van der Waals surface area contributed by atoms with Crippen molar-refractivity contribution in [1.29, 1.82) is 0 Å². The van der Waals surface area contributed by atoms with Crippen molar-refractivity contribution in [2.75, 3.05) is 13.1 Å².